The van der Waals surface area contributed by atoms with E-state index in [-0.39, 0.29) is 11.2 Å². The van der Waals surface area contributed by atoms with Gasteiger partial charge >= 0.3 is 0 Å². The highest BCUT2D eigenvalue weighted by atomic mass is 35.5. The molecular weight excluding hydrogens is 505 g/mol. The van der Waals surface area contributed by atoms with E-state index in [9.17, 15) is 9.65 Å². The van der Waals surface area contributed by atoms with Crippen LogP contribution in [0.25, 0.3) is 10.9 Å². The van der Waals surface area contributed by atoms with Crippen molar-refractivity contribution in [1.29, 1.82) is 5.26 Å². The molecule has 1 aliphatic carbocycles. The van der Waals surface area contributed by atoms with Crippen molar-refractivity contribution >= 4 is 33.9 Å². The van der Waals surface area contributed by atoms with Gasteiger partial charge in [-0.3, -0.25) is 4.98 Å². The van der Waals surface area contributed by atoms with Crippen LogP contribution >= 0.6 is 11.6 Å². The zero-order chi connectivity index (χ0) is 26.9. The molecule has 0 radical (unpaired) electrons. The first-order valence-electron chi connectivity index (χ1n) is 12.5. The van der Waals surface area contributed by atoms with Gasteiger partial charge in [0.15, 0.2) is 0 Å². The molecule has 2 N–H and O–H groups in total. The van der Waals surface area contributed by atoms with Gasteiger partial charge in [0.05, 0.1) is 46.7 Å². The smallest absolute Gasteiger partial charge is 0.123 e. The first kappa shape index (κ1) is 25.9. The van der Waals surface area contributed by atoms with Gasteiger partial charge in [-0.25, -0.2) is 9.07 Å². The van der Waals surface area contributed by atoms with Gasteiger partial charge in [0, 0.05) is 36.3 Å². The van der Waals surface area contributed by atoms with Crippen molar-refractivity contribution in [1.82, 2.24) is 20.0 Å². The number of hydrogen-bond donors (Lipinski definition) is 2. The molecule has 0 amide bonds. The summed E-state index contributed by atoms with van der Waals surface area (Å²) in [4.78, 5) is 4.45. The van der Waals surface area contributed by atoms with E-state index in [1.54, 1.807) is 25.3 Å². The summed E-state index contributed by atoms with van der Waals surface area (Å²) >= 11 is 6.70. The molecule has 1 fully saturated rings. The number of nitrogens with zero attached hydrogens (tertiary/aromatic N) is 5. The Balaban J connectivity index is 1.55. The van der Waals surface area contributed by atoms with Crippen molar-refractivity contribution in [3.8, 4) is 6.07 Å². The summed E-state index contributed by atoms with van der Waals surface area (Å²) in [7, 11) is 1.67. The van der Waals surface area contributed by atoms with E-state index in [2.05, 4.69) is 45.8 Å². The zero-order valence-corrected chi connectivity index (χ0v) is 22.3. The Morgan fingerprint density at radius 2 is 2.03 bits per heavy atom. The van der Waals surface area contributed by atoms with Crippen molar-refractivity contribution in [2.24, 2.45) is 5.41 Å². The van der Waals surface area contributed by atoms with E-state index >= 15 is 0 Å². The summed E-state index contributed by atoms with van der Waals surface area (Å²) in [6.07, 6.45) is 5.64. The third-order valence-corrected chi connectivity index (χ3v) is 6.87. The lowest BCUT2D eigenvalue weighted by Crippen LogP contribution is -2.28. The molecule has 2 heterocycles. The van der Waals surface area contributed by atoms with Gasteiger partial charge in [0.1, 0.15) is 17.6 Å². The van der Waals surface area contributed by atoms with Crippen molar-refractivity contribution in [3.05, 3.63) is 76.5 Å². The number of rotatable bonds is 10. The van der Waals surface area contributed by atoms with Gasteiger partial charge in [-0.15, -0.1) is 5.10 Å². The molecular formula is C28H29ClFN7O. The number of nitrogens with one attached hydrogen (secondary N) is 2. The molecule has 0 bridgehead atoms. The Hall–Kier alpha value is -3.74. The highest BCUT2D eigenvalue weighted by Crippen LogP contribution is 2.37. The Bertz CT molecular complexity index is 1490. The number of hydrogen-bond acceptors (Lipinski definition) is 7. The fourth-order valence-corrected chi connectivity index (χ4v) is 4.75. The summed E-state index contributed by atoms with van der Waals surface area (Å²) in [6.45, 7) is 5.30. The van der Waals surface area contributed by atoms with Gasteiger partial charge in [0.25, 0.3) is 0 Å². The molecule has 0 spiro atoms. The fourth-order valence-electron chi connectivity index (χ4n) is 4.48. The Morgan fingerprint density at radius 1 is 1.26 bits per heavy atom. The number of pyridine rings is 1. The second-order valence-corrected chi connectivity index (χ2v) is 10.9. The molecule has 5 rings (SSSR count). The van der Waals surface area contributed by atoms with E-state index in [1.165, 1.54) is 18.3 Å². The minimum atomic E-state index is -0.402. The van der Waals surface area contributed by atoms with Crippen molar-refractivity contribution < 1.29 is 9.13 Å². The maximum atomic E-state index is 13.7. The number of fused-ring (bicyclic) bond motifs is 1. The average molecular weight is 534 g/mol. The van der Waals surface area contributed by atoms with Gasteiger partial charge in [-0.2, -0.15) is 5.26 Å². The van der Waals surface area contributed by atoms with Crippen LogP contribution in [0.15, 0.2) is 48.8 Å². The number of halogens is 2. The summed E-state index contributed by atoms with van der Waals surface area (Å²) in [5, 5.41) is 26.6. The van der Waals surface area contributed by atoms with Crippen molar-refractivity contribution in [2.45, 2.75) is 38.8 Å². The molecule has 2 aromatic heterocycles. The van der Waals surface area contributed by atoms with Gasteiger partial charge in [0.2, 0.25) is 0 Å². The lowest BCUT2D eigenvalue weighted by atomic mass is 9.94. The maximum absolute atomic E-state index is 13.7. The molecule has 8 nitrogen and oxygen atoms in total. The second kappa shape index (κ2) is 10.6. The Morgan fingerprint density at radius 3 is 2.71 bits per heavy atom. The summed E-state index contributed by atoms with van der Waals surface area (Å²) in [6, 6.07) is 12.2. The molecule has 0 aliphatic heterocycles. The molecule has 38 heavy (non-hydrogen) atoms. The third-order valence-electron chi connectivity index (χ3n) is 6.58. The molecule has 10 heteroatoms. The molecule has 2 aromatic carbocycles. The van der Waals surface area contributed by atoms with E-state index in [0.29, 0.717) is 57.8 Å². The minimum absolute atomic E-state index is 0.169. The molecule has 1 aliphatic rings. The zero-order valence-electron chi connectivity index (χ0n) is 21.5. The molecule has 0 saturated heterocycles. The van der Waals surface area contributed by atoms with Crippen LogP contribution in [0.2, 0.25) is 5.02 Å². The highest BCUT2D eigenvalue weighted by molar-refractivity contribution is 6.35. The fraction of sp³-hybridized carbons (Fsp3) is 0.357. The van der Waals surface area contributed by atoms with Crippen LogP contribution in [0.5, 0.6) is 0 Å². The van der Waals surface area contributed by atoms with Crippen LogP contribution in [-0.2, 0) is 4.74 Å². The number of ether oxygens (including phenoxy) is 1. The Kier molecular flexibility index (Phi) is 7.19. The van der Waals surface area contributed by atoms with E-state index in [0.717, 1.165) is 18.4 Å². The lowest BCUT2D eigenvalue weighted by molar-refractivity contribution is 0.112. The third kappa shape index (κ3) is 5.57. The SMILES string of the molecule is COCC(C)(C)CNc1c(C#N)cnc2c(Cl)cc(NC(c3ccc(F)cc3)c3cn(C4CC4)nn3)cc12. The Labute approximate surface area is 225 Å². The normalized spacial score (nSPS) is 14.3. The van der Waals surface area contributed by atoms with E-state index in [4.69, 9.17) is 16.3 Å². The van der Waals surface area contributed by atoms with E-state index < -0.39 is 6.04 Å². The number of methoxy groups -OCH3 is 1. The largest absolute Gasteiger partial charge is 0.384 e. The summed E-state index contributed by atoms with van der Waals surface area (Å²) in [5.41, 5.74) is 3.73. The van der Waals surface area contributed by atoms with Crippen LogP contribution in [0.1, 0.15) is 55.6 Å². The predicted molar refractivity (Wildman–Crippen MR) is 146 cm³/mol. The van der Waals surface area contributed by atoms with E-state index in [1.807, 2.05) is 16.9 Å². The number of benzene rings is 2. The van der Waals surface area contributed by atoms with Crippen LogP contribution in [0, 0.1) is 22.6 Å². The monoisotopic (exact) mass is 533 g/mol. The summed E-state index contributed by atoms with van der Waals surface area (Å²) < 4.78 is 21.0. The average Bonchev–Trinajstić information content (AvgIpc) is 3.63. The predicted octanol–water partition coefficient (Wildman–Crippen LogP) is 6.11. The molecule has 1 saturated carbocycles. The van der Waals surface area contributed by atoms with Crippen LogP contribution in [0.3, 0.4) is 0 Å². The van der Waals surface area contributed by atoms with Gasteiger partial charge < -0.3 is 15.4 Å². The molecule has 1 atom stereocenters. The van der Waals surface area contributed by atoms with Gasteiger partial charge in [-0.1, -0.05) is 42.8 Å². The second-order valence-electron chi connectivity index (χ2n) is 10.4. The first-order valence-corrected chi connectivity index (χ1v) is 12.8. The summed E-state index contributed by atoms with van der Waals surface area (Å²) in [5.74, 6) is -0.315. The van der Waals surface area contributed by atoms with Crippen LogP contribution in [0.4, 0.5) is 15.8 Å². The highest BCUT2D eigenvalue weighted by Gasteiger charge is 2.27. The number of nitriles is 1. The van der Waals surface area contributed by atoms with Crippen LogP contribution in [-0.4, -0.2) is 40.2 Å². The van der Waals surface area contributed by atoms with Crippen molar-refractivity contribution in [3.63, 3.8) is 0 Å². The van der Waals surface area contributed by atoms with Gasteiger partial charge in [-0.05, 0) is 42.7 Å². The first-order chi connectivity index (χ1) is 18.3. The van der Waals surface area contributed by atoms with Crippen molar-refractivity contribution in [2.75, 3.05) is 30.9 Å². The quantitative estimate of drug-likeness (QED) is 0.253. The minimum Gasteiger partial charge on any atom is -0.384 e. The number of anilines is 2. The molecule has 196 valence electrons. The molecule has 4 aromatic rings. The number of aromatic nitrogens is 4. The lowest BCUT2D eigenvalue weighted by Gasteiger charge is -2.25. The molecule has 1 unspecified atom stereocenters. The topological polar surface area (TPSA) is 101 Å². The standard InChI is InChI=1S/C28H29ClFN7O/c1-28(2,16-38-3)15-33-25-18(12-31)13-32-27-22(25)10-20(11-23(27)29)34-26(17-4-6-19(30)7-5-17)24-14-37(36-35-24)21-8-9-21/h4-7,10-11,13-14,21,26,34H,8-9,15-16H2,1-3H3,(H,32,33). The van der Waals surface area contributed by atoms with Crippen LogP contribution < -0.4 is 10.6 Å². The maximum Gasteiger partial charge on any atom is 0.123 e.